The van der Waals surface area contributed by atoms with Gasteiger partial charge in [0.2, 0.25) is 0 Å². The first-order valence-corrected chi connectivity index (χ1v) is 27.4. The first kappa shape index (κ1) is 45.3. The highest BCUT2D eigenvalue weighted by Gasteiger charge is 2.49. The van der Waals surface area contributed by atoms with E-state index < -0.39 is 16.4 Å². The van der Waals surface area contributed by atoms with Crippen molar-refractivity contribution >= 4 is 27.1 Å². The Kier molecular flexibility index (Phi) is 9.76. The van der Waals surface area contributed by atoms with Crippen LogP contribution in [0.2, 0.25) is 0 Å². The van der Waals surface area contributed by atoms with Crippen molar-refractivity contribution in [2.75, 3.05) is 6.61 Å². The van der Waals surface area contributed by atoms with Gasteiger partial charge in [-0.1, -0.05) is 236 Å². The Balaban J connectivity index is 0.806. The summed E-state index contributed by atoms with van der Waals surface area (Å²) >= 11 is 0. The monoisotopic (exact) mass is 1010 g/mol. The zero-order chi connectivity index (χ0) is 52.5. The maximum Gasteiger partial charge on any atom is 0.179 e. The Morgan fingerprint density at radius 2 is 0.785 bits per heavy atom. The lowest BCUT2D eigenvalue weighted by Gasteiger charge is -2.36. The molecule has 12 aromatic carbocycles. The number of rotatable bonds is 7. The fraction of sp³-hybridized carbons (Fsp3) is 0.0649. The predicted molar refractivity (Wildman–Crippen MR) is 323 cm³/mol. The van der Waals surface area contributed by atoms with Crippen molar-refractivity contribution in [2.24, 2.45) is 0 Å². The van der Waals surface area contributed by atoms with Gasteiger partial charge >= 0.3 is 0 Å². The number of terminal acetylenes is 1. The topological polar surface area (TPSA) is 18.5 Å². The third-order valence-corrected chi connectivity index (χ3v) is 17.9. The van der Waals surface area contributed by atoms with Crippen LogP contribution in [0.25, 0.3) is 71.6 Å². The Morgan fingerprint density at radius 3 is 1.28 bits per heavy atom. The molecule has 0 N–H and O–H groups in total. The van der Waals surface area contributed by atoms with Crippen molar-refractivity contribution in [1.29, 1.82) is 0 Å². The van der Waals surface area contributed by atoms with E-state index in [0.29, 0.717) is 0 Å². The van der Waals surface area contributed by atoms with E-state index in [1.54, 1.807) is 0 Å². The molecular weight excluding hydrogens is 957 g/mol. The third-order valence-electron chi connectivity index (χ3n) is 17.9. The predicted octanol–water partition coefficient (Wildman–Crippen LogP) is 18.1. The van der Waals surface area contributed by atoms with Crippen molar-refractivity contribution in [3.8, 4) is 68.4 Å². The zero-order valence-electron chi connectivity index (χ0n) is 43.5. The minimum Gasteiger partial charge on any atom is -0.481 e. The largest absolute Gasteiger partial charge is 0.481 e. The SMILES string of the molecule is C#CCOc1ccc2cc(C3(c4ccc(-c5ccc(C6(c7ccc8c9c(ccc8c7)OC7(C=C9C)c8ccccc8-c8ccccc87)c7ccccc7-c7ccccc76)cc5)cc4)c4ccccc4-c4ccccc43)ccc2c1. The highest BCUT2D eigenvalue weighted by molar-refractivity contribution is 6.00. The average molecular weight is 1010 g/mol. The van der Waals surface area contributed by atoms with Crippen LogP contribution < -0.4 is 9.47 Å². The molecule has 0 saturated carbocycles. The van der Waals surface area contributed by atoms with Gasteiger partial charge in [-0.05, 0) is 159 Å². The summed E-state index contributed by atoms with van der Waals surface area (Å²) in [7, 11) is 0. The fourth-order valence-electron chi connectivity index (χ4n) is 14.7. The van der Waals surface area contributed by atoms with Crippen LogP contribution in [0.1, 0.15) is 68.1 Å². The first-order valence-electron chi connectivity index (χ1n) is 27.4. The second kappa shape index (κ2) is 17.0. The lowest BCUT2D eigenvalue weighted by Crippen LogP contribution is -2.33. The van der Waals surface area contributed by atoms with E-state index in [9.17, 15) is 0 Å². The van der Waals surface area contributed by atoms with Gasteiger partial charge < -0.3 is 9.47 Å². The molecule has 0 aromatic heterocycles. The van der Waals surface area contributed by atoms with Gasteiger partial charge in [0.1, 0.15) is 18.1 Å². The lowest BCUT2D eigenvalue weighted by atomic mass is 9.67. The summed E-state index contributed by atoms with van der Waals surface area (Å²) in [5.74, 6) is 4.27. The van der Waals surface area contributed by atoms with Crippen LogP contribution in [0.3, 0.4) is 0 Å². The Morgan fingerprint density at radius 1 is 0.392 bits per heavy atom. The van der Waals surface area contributed by atoms with Crippen molar-refractivity contribution in [3.05, 3.63) is 328 Å². The second-order valence-corrected chi connectivity index (χ2v) is 21.7. The number of hydrogen-bond acceptors (Lipinski definition) is 2. The number of fused-ring (bicyclic) bond motifs is 15. The van der Waals surface area contributed by atoms with Crippen molar-refractivity contribution < 1.29 is 9.47 Å². The van der Waals surface area contributed by atoms with Crippen molar-refractivity contribution in [3.63, 3.8) is 0 Å². The molecule has 2 nitrogen and oxygen atoms in total. The Hall–Kier alpha value is -9.94. The molecule has 0 radical (unpaired) electrons. The van der Waals surface area contributed by atoms with Crippen LogP contribution in [-0.4, -0.2) is 6.61 Å². The summed E-state index contributed by atoms with van der Waals surface area (Å²) in [4.78, 5) is 0. The highest BCUT2D eigenvalue weighted by Crippen LogP contribution is 2.60. The maximum atomic E-state index is 7.30. The summed E-state index contributed by atoms with van der Waals surface area (Å²) in [6, 6.07) is 96.8. The molecule has 79 heavy (non-hydrogen) atoms. The van der Waals surface area contributed by atoms with Gasteiger partial charge in [-0.25, -0.2) is 0 Å². The van der Waals surface area contributed by atoms with Crippen LogP contribution in [-0.2, 0) is 16.4 Å². The van der Waals surface area contributed by atoms with E-state index in [0.717, 1.165) is 39.0 Å². The molecule has 3 aliphatic carbocycles. The highest BCUT2D eigenvalue weighted by atomic mass is 16.5. The smallest absolute Gasteiger partial charge is 0.179 e. The minimum absolute atomic E-state index is 0.236. The fourth-order valence-corrected chi connectivity index (χ4v) is 14.7. The number of hydrogen-bond donors (Lipinski definition) is 0. The van der Waals surface area contributed by atoms with E-state index >= 15 is 0 Å². The summed E-state index contributed by atoms with van der Waals surface area (Å²) in [5.41, 5.74) is 22.9. The lowest BCUT2D eigenvalue weighted by molar-refractivity contribution is 0.165. The minimum atomic E-state index is -0.687. The molecule has 370 valence electrons. The van der Waals surface area contributed by atoms with Crippen LogP contribution in [0.4, 0.5) is 0 Å². The summed E-state index contributed by atoms with van der Waals surface area (Å²) in [6.07, 6.45) is 7.89. The first-order chi connectivity index (χ1) is 39.0. The molecule has 1 spiro atoms. The molecule has 0 unspecified atom stereocenters. The molecular formula is C77H50O2. The van der Waals surface area contributed by atoms with Crippen molar-refractivity contribution in [1.82, 2.24) is 0 Å². The van der Waals surface area contributed by atoms with E-state index in [1.807, 2.05) is 6.07 Å². The third kappa shape index (κ3) is 6.25. The van der Waals surface area contributed by atoms with E-state index in [2.05, 4.69) is 274 Å². The van der Waals surface area contributed by atoms with E-state index in [-0.39, 0.29) is 6.61 Å². The molecule has 0 saturated heterocycles. The molecule has 1 aliphatic heterocycles. The summed E-state index contributed by atoms with van der Waals surface area (Å²) in [5, 5.41) is 4.62. The van der Waals surface area contributed by atoms with Gasteiger partial charge in [0.15, 0.2) is 5.60 Å². The normalized spacial score (nSPS) is 14.9. The molecule has 0 atom stereocenters. The van der Waals surface area contributed by atoms with Gasteiger partial charge in [0.05, 0.1) is 10.8 Å². The van der Waals surface area contributed by atoms with Crippen molar-refractivity contribution in [2.45, 2.75) is 23.4 Å². The molecule has 2 heteroatoms. The second-order valence-electron chi connectivity index (χ2n) is 21.7. The Labute approximate surface area is 460 Å². The molecule has 12 aromatic rings. The standard InChI is InChI=1S/C77H50O2/c1-3-44-78-59-41-33-52-45-57(39-32-53(52)47-59)76(69-24-12-6-18-63(69)64-19-7-13-25-70(64)76)55-35-28-50(29-36-55)51-30-37-56(38-31-51)77(71-26-14-8-20-65(71)66-21-9-15-27-72(66)77)58-40-42-60-54(46-58)34-43-73-74(60)49(2)48-75(79-73)67-22-10-4-16-61(67)62-17-5-11-23-68(62)75/h1,4-43,45-48H,44H2,2H3. The van der Waals surface area contributed by atoms with Crippen LogP contribution in [0, 0.1) is 12.3 Å². The molecule has 4 aliphatic rings. The quantitative estimate of drug-likeness (QED) is 0.148. The van der Waals surface area contributed by atoms with Gasteiger partial charge in [-0.2, -0.15) is 0 Å². The number of benzene rings is 12. The summed E-state index contributed by atoms with van der Waals surface area (Å²) in [6.45, 7) is 2.49. The van der Waals surface area contributed by atoms with Crippen LogP contribution in [0.15, 0.2) is 267 Å². The molecule has 1 heterocycles. The number of allylic oxidation sites excluding steroid dienone is 1. The molecule has 0 bridgehead atoms. The van der Waals surface area contributed by atoms with E-state index in [4.69, 9.17) is 15.9 Å². The molecule has 0 fully saturated rings. The molecule has 0 amide bonds. The van der Waals surface area contributed by atoms with Crippen LogP contribution >= 0.6 is 0 Å². The van der Waals surface area contributed by atoms with Crippen LogP contribution in [0.5, 0.6) is 11.5 Å². The van der Waals surface area contributed by atoms with Gasteiger partial charge in [-0.3, -0.25) is 0 Å². The zero-order valence-corrected chi connectivity index (χ0v) is 43.5. The average Bonchev–Trinajstić information content (AvgIpc) is 4.25. The van der Waals surface area contributed by atoms with Gasteiger partial charge in [0.25, 0.3) is 0 Å². The molecule has 16 rings (SSSR count). The summed E-state index contributed by atoms with van der Waals surface area (Å²) < 4.78 is 13.1. The van der Waals surface area contributed by atoms with E-state index in [1.165, 1.54) is 105 Å². The number of ether oxygens (including phenoxy) is 2. The van der Waals surface area contributed by atoms with Gasteiger partial charge in [0, 0.05) is 16.7 Å². The maximum absolute atomic E-state index is 7.30. The van der Waals surface area contributed by atoms with Gasteiger partial charge in [-0.15, -0.1) is 6.42 Å². The Bertz CT molecular complexity index is 4470.